The molecule has 0 aliphatic rings. The van der Waals surface area contributed by atoms with Crippen LogP contribution in [0.2, 0.25) is 0 Å². The lowest BCUT2D eigenvalue weighted by atomic mass is 10.2. The summed E-state index contributed by atoms with van der Waals surface area (Å²) in [4.78, 5) is 37.1. The number of nitrogens with one attached hydrogen (secondary N) is 4. The van der Waals surface area contributed by atoms with Crippen LogP contribution in [-0.4, -0.2) is 88.6 Å². The second-order valence-corrected chi connectivity index (χ2v) is 9.27. The third-order valence-electron chi connectivity index (χ3n) is 5.87. The molecule has 0 radical (unpaired) electrons. The predicted molar refractivity (Wildman–Crippen MR) is 155 cm³/mol. The van der Waals surface area contributed by atoms with Crippen molar-refractivity contribution in [2.45, 2.75) is 32.7 Å². The van der Waals surface area contributed by atoms with E-state index in [0.717, 1.165) is 16.6 Å². The largest absolute Gasteiger partial charge is 0.369 e. The number of carbonyl (C=O) groups is 2. The van der Waals surface area contributed by atoms with Crippen LogP contribution in [0.5, 0.6) is 0 Å². The molecule has 3 aromatic rings. The number of nitrogens with zero attached hydrogens (tertiary/aromatic N) is 5. The van der Waals surface area contributed by atoms with Crippen LogP contribution >= 0.6 is 0 Å². The highest BCUT2D eigenvalue weighted by molar-refractivity contribution is 5.92. The van der Waals surface area contributed by atoms with Crippen LogP contribution in [0.3, 0.4) is 0 Å². The van der Waals surface area contributed by atoms with Gasteiger partial charge in [-0.15, -0.1) is 0 Å². The van der Waals surface area contributed by atoms with E-state index in [0.29, 0.717) is 49.8 Å². The lowest BCUT2D eigenvalue weighted by molar-refractivity contribution is -0.135. The molecule has 206 valence electrons. The van der Waals surface area contributed by atoms with E-state index in [2.05, 4.69) is 48.0 Å². The van der Waals surface area contributed by atoms with Gasteiger partial charge in [-0.05, 0) is 52.6 Å². The second kappa shape index (κ2) is 14.5. The second-order valence-electron chi connectivity index (χ2n) is 9.27. The van der Waals surface area contributed by atoms with Crippen LogP contribution in [0.1, 0.15) is 32.3 Å². The molecule has 2 aromatic heterocycles. The summed E-state index contributed by atoms with van der Waals surface area (Å²) in [5, 5.41) is 17.4. The summed E-state index contributed by atoms with van der Waals surface area (Å²) in [6.07, 6.45) is 8.01. The van der Waals surface area contributed by atoms with E-state index in [1.807, 2.05) is 44.1 Å². The van der Waals surface area contributed by atoms with E-state index in [4.69, 9.17) is 0 Å². The number of likely N-dealkylation sites (N-methyl/N-ethyl adjacent to an activating group) is 2. The molecule has 0 spiro atoms. The maximum atomic E-state index is 12.4. The topological polar surface area (TPSA) is 131 Å². The number of aromatic amines is 1. The highest BCUT2D eigenvalue weighted by Gasteiger charge is 2.20. The summed E-state index contributed by atoms with van der Waals surface area (Å²) in [5.41, 5.74) is 2.47. The number of H-pyrrole nitrogens is 1. The number of benzene rings is 1. The Morgan fingerprint density at radius 1 is 1.21 bits per heavy atom. The maximum Gasteiger partial charge on any atom is 0.246 e. The Kier molecular flexibility index (Phi) is 10.8. The highest BCUT2D eigenvalue weighted by Crippen LogP contribution is 2.20. The normalized spacial score (nSPS) is 11.7. The summed E-state index contributed by atoms with van der Waals surface area (Å²) in [6.45, 7) is 5.53. The van der Waals surface area contributed by atoms with Crippen molar-refractivity contribution in [3.05, 3.63) is 48.3 Å². The first-order valence-corrected chi connectivity index (χ1v) is 12.9. The average molecular weight is 532 g/mol. The van der Waals surface area contributed by atoms with Gasteiger partial charge in [0.25, 0.3) is 0 Å². The molecule has 0 unspecified atom stereocenters. The molecule has 11 heteroatoms. The summed E-state index contributed by atoms with van der Waals surface area (Å²) in [5.74, 6) is 6.97. The van der Waals surface area contributed by atoms with E-state index >= 15 is 0 Å². The molecule has 2 amide bonds. The predicted octanol–water partition coefficient (Wildman–Crippen LogP) is 2.74. The first-order chi connectivity index (χ1) is 18.8. The number of hydrogen-bond acceptors (Lipinski definition) is 8. The molecule has 0 aliphatic carbocycles. The van der Waals surface area contributed by atoms with Gasteiger partial charge in [-0.1, -0.05) is 17.9 Å². The van der Waals surface area contributed by atoms with E-state index < -0.39 is 6.04 Å². The van der Waals surface area contributed by atoms with Crippen molar-refractivity contribution in [3.63, 3.8) is 0 Å². The van der Waals surface area contributed by atoms with Gasteiger partial charge in [0.05, 0.1) is 23.5 Å². The van der Waals surface area contributed by atoms with Gasteiger partial charge >= 0.3 is 0 Å². The molecule has 4 N–H and O–H groups in total. The van der Waals surface area contributed by atoms with Crippen LogP contribution in [0, 0.1) is 11.8 Å². The van der Waals surface area contributed by atoms with Gasteiger partial charge in [-0.3, -0.25) is 14.7 Å². The third kappa shape index (κ3) is 8.83. The Hall–Kier alpha value is -4.43. The molecule has 0 saturated heterocycles. The fraction of sp³-hybridized carbons (Fsp3) is 0.393. The zero-order valence-electron chi connectivity index (χ0n) is 23.2. The number of anilines is 3. The van der Waals surface area contributed by atoms with Crippen LogP contribution in [-0.2, 0) is 9.59 Å². The van der Waals surface area contributed by atoms with Crippen molar-refractivity contribution in [3.8, 4) is 11.8 Å². The smallest absolute Gasteiger partial charge is 0.246 e. The number of rotatable bonds is 12. The first-order valence-electron chi connectivity index (χ1n) is 12.9. The Balaban J connectivity index is 1.48. The molecular formula is C28H37N9O2. The maximum absolute atomic E-state index is 12.4. The lowest BCUT2D eigenvalue weighted by Gasteiger charge is -2.23. The van der Waals surface area contributed by atoms with Gasteiger partial charge in [0.1, 0.15) is 11.9 Å². The SMILES string of the molecule is CCNc1nc(Nc2ccc3cn[nH]c3c2)ncc1C#CCCCNC(=O)[C@H](C)N(C)C(=O)C=CCN(C)C. The number of carbonyl (C=O) groups excluding carboxylic acids is 2. The number of unbranched alkanes of at least 4 members (excludes halogenated alkanes) is 1. The van der Waals surface area contributed by atoms with E-state index in [9.17, 15) is 9.59 Å². The average Bonchev–Trinajstić information content (AvgIpc) is 3.38. The van der Waals surface area contributed by atoms with Crippen molar-refractivity contribution in [1.29, 1.82) is 0 Å². The fourth-order valence-corrected chi connectivity index (χ4v) is 3.52. The fourth-order valence-electron chi connectivity index (χ4n) is 3.52. The Bertz CT molecular complexity index is 1350. The summed E-state index contributed by atoms with van der Waals surface area (Å²) in [7, 11) is 5.47. The molecule has 1 atom stereocenters. The van der Waals surface area contributed by atoms with Crippen molar-refractivity contribution in [1.82, 2.24) is 35.3 Å². The minimum atomic E-state index is -0.569. The number of amides is 2. The minimum absolute atomic E-state index is 0.197. The molecule has 1 aromatic carbocycles. The van der Waals surface area contributed by atoms with Gasteiger partial charge < -0.3 is 25.8 Å². The van der Waals surface area contributed by atoms with Gasteiger partial charge in [-0.25, -0.2) is 4.98 Å². The number of aromatic nitrogens is 4. The Morgan fingerprint density at radius 2 is 2.03 bits per heavy atom. The molecular weight excluding hydrogens is 494 g/mol. The quantitative estimate of drug-likeness (QED) is 0.159. The van der Waals surface area contributed by atoms with E-state index in [-0.39, 0.29) is 11.8 Å². The van der Waals surface area contributed by atoms with Crippen LogP contribution in [0.25, 0.3) is 10.9 Å². The van der Waals surface area contributed by atoms with Crippen molar-refractivity contribution in [2.24, 2.45) is 0 Å². The van der Waals surface area contributed by atoms with E-state index in [1.165, 1.54) is 11.0 Å². The molecule has 2 heterocycles. The van der Waals surface area contributed by atoms with Gasteiger partial charge in [0, 0.05) is 50.3 Å². The summed E-state index contributed by atoms with van der Waals surface area (Å²) < 4.78 is 0. The standard InChI is InChI=1S/C28H37N9O2/c1-6-29-26-22(18-31-28(34-26)33-23-14-13-21-19-32-35-24(21)17-23)11-8-7-9-15-30-27(39)20(2)37(5)25(38)12-10-16-36(3)4/h10,12-14,17-20H,6-7,9,15-16H2,1-5H3,(H,30,39)(H,32,35)(H2,29,31,33,34)/t20-/m0/s1. The van der Waals surface area contributed by atoms with Crippen molar-refractivity contribution < 1.29 is 9.59 Å². The number of fused-ring (bicyclic) bond motifs is 1. The highest BCUT2D eigenvalue weighted by atomic mass is 16.2. The van der Waals surface area contributed by atoms with E-state index in [1.54, 1.807) is 32.4 Å². The minimum Gasteiger partial charge on any atom is -0.369 e. The van der Waals surface area contributed by atoms with Crippen molar-refractivity contribution >= 4 is 40.2 Å². The van der Waals surface area contributed by atoms with Crippen molar-refractivity contribution in [2.75, 3.05) is 51.4 Å². The van der Waals surface area contributed by atoms with Gasteiger partial charge in [0.15, 0.2) is 0 Å². The summed E-state index contributed by atoms with van der Waals surface area (Å²) >= 11 is 0. The van der Waals surface area contributed by atoms with Crippen LogP contribution < -0.4 is 16.0 Å². The molecule has 0 bridgehead atoms. The molecule has 0 fully saturated rings. The summed E-state index contributed by atoms with van der Waals surface area (Å²) in [6, 6.07) is 5.30. The molecule has 0 saturated carbocycles. The zero-order valence-corrected chi connectivity index (χ0v) is 23.2. The van der Waals surface area contributed by atoms with Crippen LogP contribution in [0.15, 0.2) is 42.7 Å². The van der Waals surface area contributed by atoms with Crippen LogP contribution in [0.4, 0.5) is 17.5 Å². The Morgan fingerprint density at radius 3 is 2.79 bits per heavy atom. The molecule has 0 aliphatic heterocycles. The monoisotopic (exact) mass is 531 g/mol. The lowest BCUT2D eigenvalue weighted by Crippen LogP contribution is -2.45. The third-order valence-corrected chi connectivity index (χ3v) is 5.87. The molecule has 3 rings (SSSR count). The Labute approximate surface area is 229 Å². The molecule has 11 nitrogen and oxygen atoms in total. The van der Waals surface area contributed by atoms with Gasteiger partial charge in [-0.2, -0.15) is 10.1 Å². The number of hydrogen-bond donors (Lipinski definition) is 4. The first kappa shape index (κ1) is 29.1. The molecule has 39 heavy (non-hydrogen) atoms. The van der Waals surface area contributed by atoms with Gasteiger partial charge in [0.2, 0.25) is 17.8 Å². The zero-order chi connectivity index (χ0) is 28.2.